The fourth-order valence-electron chi connectivity index (χ4n) is 2.80. The van der Waals surface area contributed by atoms with Gasteiger partial charge in [0, 0.05) is 30.9 Å². The molecule has 1 saturated heterocycles. The zero-order chi connectivity index (χ0) is 14.7. The van der Waals surface area contributed by atoms with Gasteiger partial charge in [-0.25, -0.2) is 4.79 Å². The van der Waals surface area contributed by atoms with Gasteiger partial charge in [-0.1, -0.05) is 19.1 Å². The minimum absolute atomic E-state index is 0.585. The van der Waals surface area contributed by atoms with Crippen LogP contribution < -0.4 is 4.90 Å². The molecule has 0 radical (unpaired) electrons. The highest BCUT2D eigenvalue weighted by molar-refractivity contribution is 5.85. The van der Waals surface area contributed by atoms with E-state index in [0.29, 0.717) is 12.0 Å². The molecular formula is C16H22N2O2. The van der Waals surface area contributed by atoms with E-state index in [1.165, 1.54) is 5.69 Å². The van der Waals surface area contributed by atoms with Crippen LogP contribution in [0.3, 0.4) is 0 Å². The van der Waals surface area contributed by atoms with Crippen molar-refractivity contribution in [2.75, 3.05) is 32.1 Å². The Morgan fingerprint density at radius 3 is 2.45 bits per heavy atom. The molecule has 4 nitrogen and oxygen atoms in total. The lowest BCUT2D eigenvalue weighted by Crippen LogP contribution is -2.34. The molecule has 0 amide bonds. The van der Waals surface area contributed by atoms with Gasteiger partial charge in [-0.05, 0) is 43.8 Å². The van der Waals surface area contributed by atoms with Crippen molar-refractivity contribution in [3.05, 3.63) is 35.9 Å². The number of hydrogen-bond acceptors (Lipinski definition) is 3. The Bertz CT molecular complexity index is 494. The van der Waals surface area contributed by atoms with Crippen molar-refractivity contribution in [2.45, 2.75) is 13.0 Å². The topological polar surface area (TPSA) is 43.8 Å². The number of nitrogens with zero attached hydrogens (tertiary/aromatic N) is 2. The molecule has 1 aromatic rings. The summed E-state index contributed by atoms with van der Waals surface area (Å²) in [6.07, 6.45) is 2.77. The first-order valence-electron chi connectivity index (χ1n) is 6.90. The molecule has 0 aliphatic carbocycles. The van der Waals surface area contributed by atoms with E-state index in [-0.39, 0.29) is 0 Å². The van der Waals surface area contributed by atoms with Gasteiger partial charge in [-0.15, -0.1) is 0 Å². The summed E-state index contributed by atoms with van der Waals surface area (Å²) in [4.78, 5) is 15.2. The van der Waals surface area contributed by atoms with E-state index in [9.17, 15) is 4.79 Å². The second kappa shape index (κ2) is 6.09. The van der Waals surface area contributed by atoms with Gasteiger partial charge in [0.25, 0.3) is 0 Å². The normalized spacial score (nSPS) is 22.9. The Balaban J connectivity index is 2.06. The maximum Gasteiger partial charge on any atom is 0.328 e. The molecule has 1 aliphatic rings. The highest BCUT2D eigenvalue weighted by Gasteiger charge is 2.30. The monoisotopic (exact) mass is 274 g/mol. The molecule has 4 heteroatoms. The minimum atomic E-state index is -0.920. The minimum Gasteiger partial charge on any atom is -0.478 e. The van der Waals surface area contributed by atoms with E-state index in [1.54, 1.807) is 6.08 Å². The number of hydrogen-bond donors (Lipinski definition) is 1. The summed E-state index contributed by atoms with van der Waals surface area (Å²) >= 11 is 0. The van der Waals surface area contributed by atoms with Gasteiger partial charge in [0.2, 0.25) is 0 Å². The van der Waals surface area contributed by atoms with E-state index >= 15 is 0 Å². The van der Waals surface area contributed by atoms with Crippen molar-refractivity contribution in [3.8, 4) is 0 Å². The molecule has 20 heavy (non-hydrogen) atoms. The van der Waals surface area contributed by atoms with Crippen molar-refractivity contribution < 1.29 is 9.90 Å². The fourth-order valence-corrected chi connectivity index (χ4v) is 2.80. The zero-order valence-electron chi connectivity index (χ0n) is 12.3. The third-order valence-corrected chi connectivity index (χ3v) is 3.91. The number of anilines is 1. The van der Waals surface area contributed by atoms with Gasteiger partial charge >= 0.3 is 5.97 Å². The van der Waals surface area contributed by atoms with Gasteiger partial charge in [0.1, 0.15) is 0 Å². The van der Waals surface area contributed by atoms with Crippen LogP contribution in [0.25, 0.3) is 6.08 Å². The summed E-state index contributed by atoms with van der Waals surface area (Å²) in [5.74, 6) is -0.271. The van der Waals surface area contributed by atoms with E-state index in [0.717, 1.165) is 24.7 Å². The van der Waals surface area contributed by atoms with E-state index in [4.69, 9.17) is 5.11 Å². The first-order chi connectivity index (χ1) is 9.47. The van der Waals surface area contributed by atoms with E-state index in [1.807, 2.05) is 12.1 Å². The molecule has 1 fully saturated rings. The Morgan fingerprint density at radius 2 is 1.95 bits per heavy atom. The molecule has 1 heterocycles. The molecule has 2 rings (SSSR count). The molecular weight excluding hydrogens is 252 g/mol. The first-order valence-corrected chi connectivity index (χ1v) is 6.90. The lowest BCUT2D eigenvalue weighted by molar-refractivity contribution is -0.131. The van der Waals surface area contributed by atoms with Crippen LogP contribution in [0.5, 0.6) is 0 Å². The van der Waals surface area contributed by atoms with Crippen molar-refractivity contribution in [3.63, 3.8) is 0 Å². The maximum absolute atomic E-state index is 10.5. The molecule has 2 unspecified atom stereocenters. The summed E-state index contributed by atoms with van der Waals surface area (Å²) in [7, 11) is 4.26. The van der Waals surface area contributed by atoms with Gasteiger partial charge in [0.05, 0.1) is 0 Å². The smallest absolute Gasteiger partial charge is 0.328 e. The van der Waals surface area contributed by atoms with Crippen LogP contribution >= 0.6 is 0 Å². The molecule has 0 aromatic heterocycles. The summed E-state index contributed by atoms with van der Waals surface area (Å²) in [5, 5.41) is 8.61. The molecule has 0 saturated carbocycles. The predicted octanol–water partition coefficient (Wildman–Crippen LogP) is 2.17. The number of carboxylic acid groups (broad SMARTS) is 1. The second-order valence-electron chi connectivity index (χ2n) is 5.68. The van der Waals surface area contributed by atoms with Crippen LogP contribution in [0.4, 0.5) is 5.69 Å². The average Bonchev–Trinajstić information content (AvgIpc) is 2.79. The summed E-state index contributed by atoms with van der Waals surface area (Å²) < 4.78 is 0. The first kappa shape index (κ1) is 14.6. The third-order valence-electron chi connectivity index (χ3n) is 3.91. The van der Waals surface area contributed by atoms with E-state index in [2.05, 4.69) is 43.0 Å². The van der Waals surface area contributed by atoms with Crippen LogP contribution in [-0.2, 0) is 4.79 Å². The maximum atomic E-state index is 10.5. The number of carbonyl (C=O) groups is 1. The highest BCUT2D eigenvalue weighted by atomic mass is 16.4. The van der Waals surface area contributed by atoms with Crippen LogP contribution in [0.15, 0.2) is 30.3 Å². The number of carboxylic acids is 1. The Labute approximate surface area is 120 Å². The van der Waals surface area contributed by atoms with Gasteiger partial charge in [0.15, 0.2) is 0 Å². The zero-order valence-corrected chi connectivity index (χ0v) is 12.3. The summed E-state index contributed by atoms with van der Waals surface area (Å²) in [6.45, 7) is 4.39. The number of aliphatic carboxylic acids is 1. The molecule has 2 atom stereocenters. The predicted molar refractivity (Wildman–Crippen MR) is 82.0 cm³/mol. The molecule has 1 aliphatic heterocycles. The Hall–Kier alpha value is -1.81. The summed E-state index contributed by atoms with van der Waals surface area (Å²) in [5.41, 5.74) is 2.11. The van der Waals surface area contributed by atoms with Crippen molar-refractivity contribution >= 4 is 17.7 Å². The highest BCUT2D eigenvalue weighted by Crippen LogP contribution is 2.26. The number of rotatable bonds is 4. The lowest BCUT2D eigenvalue weighted by Gasteiger charge is -2.23. The van der Waals surface area contributed by atoms with Crippen molar-refractivity contribution in [1.82, 2.24) is 4.90 Å². The second-order valence-corrected chi connectivity index (χ2v) is 5.68. The molecule has 1 aromatic carbocycles. The van der Waals surface area contributed by atoms with Crippen LogP contribution in [-0.4, -0.2) is 49.2 Å². The lowest BCUT2D eigenvalue weighted by atomic mass is 10.1. The fraction of sp³-hybridized carbons (Fsp3) is 0.438. The SMILES string of the molecule is CC1CN(c2ccc(/C=C/C(=O)O)cc2)CC1N(C)C. The van der Waals surface area contributed by atoms with Crippen LogP contribution in [0.1, 0.15) is 12.5 Å². The summed E-state index contributed by atoms with van der Waals surface area (Å²) in [6, 6.07) is 8.63. The quantitative estimate of drug-likeness (QED) is 0.855. The van der Waals surface area contributed by atoms with Crippen molar-refractivity contribution in [2.24, 2.45) is 5.92 Å². The van der Waals surface area contributed by atoms with Crippen LogP contribution in [0, 0.1) is 5.92 Å². The van der Waals surface area contributed by atoms with Gasteiger partial charge in [-0.2, -0.15) is 0 Å². The van der Waals surface area contributed by atoms with Crippen molar-refractivity contribution in [1.29, 1.82) is 0 Å². The van der Waals surface area contributed by atoms with E-state index < -0.39 is 5.97 Å². The average molecular weight is 274 g/mol. The molecule has 0 spiro atoms. The largest absolute Gasteiger partial charge is 0.478 e. The van der Waals surface area contributed by atoms with Gasteiger partial charge < -0.3 is 14.9 Å². The number of benzene rings is 1. The molecule has 108 valence electrons. The Kier molecular flexibility index (Phi) is 4.45. The molecule has 0 bridgehead atoms. The number of likely N-dealkylation sites (N-methyl/N-ethyl adjacent to an activating group) is 1. The van der Waals surface area contributed by atoms with Gasteiger partial charge in [-0.3, -0.25) is 0 Å². The van der Waals surface area contributed by atoms with Crippen LogP contribution in [0.2, 0.25) is 0 Å². The third kappa shape index (κ3) is 3.39. The molecule has 1 N–H and O–H groups in total. The Morgan fingerprint density at radius 1 is 1.30 bits per heavy atom. The standard InChI is InChI=1S/C16H22N2O2/c1-12-10-18(11-15(12)17(2)3)14-7-4-13(5-8-14)6-9-16(19)20/h4-9,12,15H,10-11H2,1-3H3,(H,19,20)/b9-6+.